The van der Waals surface area contributed by atoms with E-state index in [9.17, 15) is 18.8 Å². The fourth-order valence-electron chi connectivity index (χ4n) is 3.10. The number of rotatable bonds is 7. The van der Waals surface area contributed by atoms with Crippen LogP contribution in [0.15, 0.2) is 48.0 Å². The number of alkyl halides is 2. The number of benzene rings is 2. The molecule has 0 saturated heterocycles. The summed E-state index contributed by atoms with van der Waals surface area (Å²) in [7, 11) is 0. The quantitative estimate of drug-likeness (QED) is 0.336. The average molecular weight is 396 g/mol. The molecule has 3 aromatic rings. The smallest absolute Gasteiger partial charge is 0.387 e. The highest BCUT2D eigenvalue weighted by Crippen LogP contribution is 2.31. The molecule has 0 atom stereocenters. The Balaban J connectivity index is 2.01. The van der Waals surface area contributed by atoms with Crippen molar-refractivity contribution in [3.8, 4) is 17.6 Å². The lowest BCUT2D eigenvalue weighted by molar-refractivity contribution is -0.0514. The standard InChI is InChI=1S/C22H18F2N2O3/c1-3-28-19-11-14(8-9-18(19)29-22(23)24)10-15(12-25)21(27)20-13(2)26-17-7-5-4-6-16(17)20/h4-11,22,26H,3H2,1-2H3/b15-10+. The molecule has 2 aromatic carbocycles. The number of allylic oxidation sites excluding steroid dienone is 1. The Bertz CT molecular complexity index is 1130. The average Bonchev–Trinajstić information content (AvgIpc) is 3.03. The number of hydrogen-bond acceptors (Lipinski definition) is 4. The summed E-state index contributed by atoms with van der Waals surface area (Å²) in [5.74, 6) is -0.431. The monoisotopic (exact) mass is 396 g/mol. The molecular formula is C22H18F2N2O3. The number of aromatic nitrogens is 1. The lowest BCUT2D eigenvalue weighted by Crippen LogP contribution is -2.05. The summed E-state index contributed by atoms with van der Waals surface area (Å²) in [6.45, 7) is 0.729. The zero-order valence-corrected chi connectivity index (χ0v) is 15.8. The second-order valence-corrected chi connectivity index (χ2v) is 6.19. The third-order valence-electron chi connectivity index (χ3n) is 4.28. The number of Topliss-reactive ketones (excluding diaryl/α,β-unsaturated/α-hetero) is 1. The van der Waals surface area contributed by atoms with Gasteiger partial charge in [-0.05, 0) is 43.7 Å². The number of ether oxygens (including phenoxy) is 2. The van der Waals surface area contributed by atoms with Gasteiger partial charge in [-0.3, -0.25) is 4.79 Å². The Morgan fingerprint density at radius 2 is 2.00 bits per heavy atom. The van der Waals surface area contributed by atoms with Gasteiger partial charge in [0.15, 0.2) is 11.5 Å². The Kier molecular flexibility index (Phi) is 5.93. The number of ketones is 1. The van der Waals surface area contributed by atoms with Crippen molar-refractivity contribution < 1.29 is 23.0 Å². The molecule has 0 fully saturated rings. The van der Waals surface area contributed by atoms with Gasteiger partial charge in [-0.2, -0.15) is 14.0 Å². The van der Waals surface area contributed by atoms with E-state index >= 15 is 0 Å². The molecule has 1 heterocycles. The number of halogens is 2. The van der Waals surface area contributed by atoms with Crippen LogP contribution in [0, 0.1) is 18.3 Å². The van der Waals surface area contributed by atoms with Crippen LogP contribution >= 0.6 is 0 Å². The van der Waals surface area contributed by atoms with Gasteiger partial charge < -0.3 is 14.5 Å². The summed E-state index contributed by atoms with van der Waals surface area (Å²) in [5, 5.41) is 10.3. The van der Waals surface area contributed by atoms with E-state index in [1.807, 2.05) is 30.3 Å². The van der Waals surface area contributed by atoms with E-state index in [0.29, 0.717) is 16.8 Å². The Labute approximate surface area is 166 Å². The molecule has 0 aliphatic heterocycles. The highest BCUT2D eigenvalue weighted by Gasteiger charge is 2.20. The normalized spacial score (nSPS) is 11.5. The minimum absolute atomic E-state index is 0.0807. The number of aryl methyl sites for hydroxylation is 1. The highest BCUT2D eigenvalue weighted by molar-refractivity contribution is 6.20. The molecule has 0 spiro atoms. The maximum atomic E-state index is 13.0. The number of nitriles is 1. The second-order valence-electron chi connectivity index (χ2n) is 6.19. The number of H-pyrrole nitrogens is 1. The van der Waals surface area contributed by atoms with Crippen molar-refractivity contribution in [1.29, 1.82) is 5.26 Å². The van der Waals surface area contributed by atoms with Crippen LogP contribution in [0.4, 0.5) is 8.78 Å². The molecule has 7 heteroatoms. The van der Waals surface area contributed by atoms with Crippen LogP contribution in [0.2, 0.25) is 0 Å². The van der Waals surface area contributed by atoms with E-state index in [4.69, 9.17) is 4.74 Å². The van der Waals surface area contributed by atoms with Gasteiger partial charge in [-0.15, -0.1) is 0 Å². The van der Waals surface area contributed by atoms with Crippen molar-refractivity contribution in [2.75, 3.05) is 6.61 Å². The Hall–Kier alpha value is -3.66. The number of nitrogens with one attached hydrogen (secondary N) is 1. The summed E-state index contributed by atoms with van der Waals surface area (Å²) in [6, 6.07) is 13.5. The van der Waals surface area contributed by atoms with Crippen LogP contribution in [0.3, 0.4) is 0 Å². The first-order chi connectivity index (χ1) is 13.9. The summed E-state index contributed by atoms with van der Waals surface area (Å²) in [4.78, 5) is 16.2. The van der Waals surface area contributed by atoms with E-state index < -0.39 is 12.4 Å². The van der Waals surface area contributed by atoms with Gasteiger partial charge in [0.25, 0.3) is 0 Å². The summed E-state index contributed by atoms with van der Waals surface area (Å²) < 4.78 is 34.9. The fourth-order valence-corrected chi connectivity index (χ4v) is 3.10. The molecule has 0 aliphatic rings. The van der Waals surface area contributed by atoms with Gasteiger partial charge in [0, 0.05) is 16.6 Å². The predicted molar refractivity (Wildman–Crippen MR) is 105 cm³/mol. The number of carbonyl (C=O) groups excluding carboxylic acids is 1. The highest BCUT2D eigenvalue weighted by atomic mass is 19.3. The topological polar surface area (TPSA) is 75.1 Å². The fraction of sp³-hybridized carbons (Fsp3) is 0.182. The van der Waals surface area contributed by atoms with Gasteiger partial charge in [0.05, 0.1) is 12.2 Å². The van der Waals surface area contributed by atoms with Gasteiger partial charge in [0.2, 0.25) is 5.78 Å². The molecule has 3 rings (SSSR count). The first-order valence-corrected chi connectivity index (χ1v) is 8.90. The maximum Gasteiger partial charge on any atom is 0.387 e. The van der Waals surface area contributed by atoms with Crippen molar-refractivity contribution in [2.24, 2.45) is 0 Å². The molecule has 0 bridgehead atoms. The minimum Gasteiger partial charge on any atom is -0.490 e. The second kappa shape index (κ2) is 8.57. The van der Waals surface area contributed by atoms with E-state index in [-0.39, 0.29) is 23.7 Å². The summed E-state index contributed by atoms with van der Waals surface area (Å²) in [5.41, 5.74) is 2.27. The van der Waals surface area contributed by atoms with E-state index in [0.717, 1.165) is 10.9 Å². The van der Waals surface area contributed by atoms with Crippen molar-refractivity contribution in [1.82, 2.24) is 4.98 Å². The maximum absolute atomic E-state index is 13.0. The molecule has 0 amide bonds. The van der Waals surface area contributed by atoms with E-state index in [1.165, 1.54) is 24.3 Å². The van der Waals surface area contributed by atoms with E-state index in [2.05, 4.69) is 9.72 Å². The molecule has 5 nitrogen and oxygen atoms in total. The van der Waals surface area contributed by atoms with Crippen LogP contribution in [-0.2, 0) is 0 Å². The zero-order valence-electron chi connectivity index (χ0n) is 15.8. The Morgan fingerprint density at radius 3 is 2.69 bits per heavy atom. The number of aromatic amines is 1. The first kappa shape index (κ1) is 20.1. The zero-order chi connectivity index (χ0) is 21.0. The number of carbonyl (C=O) groups is 1. The van der Waals surface area contributed by atoms with E-state index in [1.54, 1.807) is 13.8 Å². The third-order valence-corrected chi connectivity index (χ3v) is 4.28. The van der Waals surface area contributed by atoms with Crippen molar-refractivity contribution >= 4 is 22.8 Å². The summed E-state index contributed by atoms with van der Waals surface area (Å²) in [6.07, 6.45) is 1.40. The number of para-hydroxylation sites is 1. The molecule has 1 aromatic heterocycles. The molecule has 0 saturated carbocycles. The van der Waals surface area contributed by atoms with Crippen LogP contribution < -0.4 is 9.47 Å². The number of fused-ring (bicyclic) bond motifs is 1. The van der Waals surface area contributed by atoms with Crippen molar-refractivity contribution in [3.05, 3.63) is 64.9 Å². The molecule has 0 aliphatic carbocycles. The molecule has 0 radical (unpaired) electrons. The van der Waals surface area contributed by atoms with Crippen LogP contribution in [0.5, 0.6) is 11.5 Å². The van der Waals surface area contributed by atoms with Gasteiger partial charge in [0.1, 0.15) is 11.6 Å². The largest absolute Gasteiger partial charge is 0.490 e. The first-order valence-electron chi connectivity index (χ1n) is 8.90. The number of hydrogen-bond donors (Lipinski definition) is 1. The lowest BCUT2D eigenvalue weighted by Gasteiger charge is -2.11. The number of nitrogens with zero attached hydrogens (tertiary/aromatic N) is 1. The van der Waals surface area contributed by atoms with Crippen LogP contribution in [0.25, 0.3) is 17.0 Å². The molecule has 0 unspecified atom stereocenters. The Morgan fingerprint density at radius 1 is 1.24 bits per heavy atom. The molecular weight excluding hydrogens is 378 g/mol. The molecule has 29 heavy (non-hydrogen) atoms. The molecule has 148 valence electrons. The van der Waals surface area contributed by atoms with Gasteiger partial charge in [-0.1, -0.05) is 24.3 Å². The van der Waals surface area contributed by atoms with Gasteiger partial charge in [-0.25, -0.2) is 0 Å². The van der Waals surface area contributed by atoms with Crippen LogP contribution in [-0.4, -0.2) is 24.0 Å². The lowest BCUT2D eigenvalue weighted by atomic mass is 9.99. The summed E-state index contributed by atoms with van der Waals surface area (Å²) >= 11 is 0. The van der Waals surface area contributed by atoms with Gasteiger partial charge >= 0.3 is 6.61 Å². The van der Waals surface area contributed by atoms with Crippen LogP contribution in [0.1, 0.15) is 28.5 Å². The third kappa shape index (κ3) is 4.27. The van der Waals surface area contributed by atoms with Crippen molar-refractivity contribution in [2.45, 2.75) is 20.5 Å². The molecule has 1 N–H and O–H groups in total. The minimum atomic E-state index is -2.99. The van der Waals surface area contributed by atoms with Crippen molar-refractivity contribution in [3.63, 3.8) is 0 Å². The SMILES string of the molecule is CCOc1cc(/C=C(\C#N)C(=O)c2c(C)[nH]c3ccccc23)ccc1OC(F)F. The predicted octanol–water partition coefficient (Wildman–Crippen LogP) is 5.27.